The van der Waals surface area contributed by atoms with Crippen molar-refractivity contribution in [2.45, 2.75) is 31.4 Å². The van der Waals surface area contributed by atoms with Crippen molar-refractivity contribution in [2.75, 3.05) is 31.1 Å². The number of nitrogens with zero attached hydrogens (tertiary/aromatic N) is 1. The van der Waals surface area contributed by atoms with E-state index in [9.17, 15) is 17.6 Å². The van der Waals surface area contributed by atoms with Crippen molar-refractivity contribution in [1.82, 2.24) is 9.62 Å². The molecule has 0 unspecified atom stereocenters. The molecule has 1 aliphatic heterocycles. The Balaban J connectivity index is 1.39. The minimum atomic E-state index is -3.39. The second-order valence-electron chi connectivity index (χ2n) is 8.15. The molecule has 1 amide bonds. The topological polar surface area (TPSA) is 66.5 Å². The van der Waals surface area contributed by atoms with Gasteiger partial charge in [0.05, 0.1) is 11.7 Å². The van der Waals surface area contributed by atoms with Crippen molar-refractivity contribution in [3.05, 3.63) is 70.5 Å². The Morgan fingerprint density at radius 1 is 1.18 bits per heavy atom. The minimum Gasteiger partial charge on any atom is -0.355 e. The van der Waals surface area contributed by atoms with E-state index in [-0.39, 0.29) is 29.9 Å². The summed E-state index contributed by atoms with van der Waals surface area (Å²) in [5.74, 6) is 0.347. The molecule has 5 nitrogen and oxygen atoms in total. The molecular weight excluding hydrogens is 483 g/mol. The first kappa shape index (κ1) is 26.0. The highest BCUT2D eigenvalue weighted by molar-refractivity contribution is 7.98. The lowest BCUT2D eigenvalue weighted by Gasteiger charge is -2.31. The molecule has 1 atom stereocenters. The maximum Gasteiger partial charge on any atom is 0.224 e. The van der Waals surface area contributed by atoms with Gasteiger partial charge < -0.3 is 5.32 Å². The smallest absolute Gasteiger partial charge is 0.224 e. The molecule has 180 valence electrons. The lowest BCUT2D eigenvalue weighted by Crippen LogP contribution is -2.46. The van der Waals surface area contributed by atoms with Crippen LogP contribution in [0.1, 0.15) is 30.4 Å². The highest BCUT2D eigenvalue weighted by Crippen LogP contribution is 2.24. The fraction of sp³-hybridized carbons (Fsp3) is 0.458. The second kappa shape index (κ2) is 12.7. The molecular formula is C24H30ClFN2O3S2. The normalized spacial score (nSPS) is 17.1. The summed E-state index contributed by atoms with van der Waals surface area (Å²) in [6.07, 6.45) is 2.63. The van der Waals surface area contributed by atoms with E-state index in [1.807, 2.05) is 30.3 Å². The number of nitrogens with one attached hydrogen (secondary N) is 1. The van der Waals surface area contributed by atoms with Gasteiger partial charge in [0, 0.05) is 41.7 Å². The van der Waals surface area contributed by atoms with E-state index in [2.05, 4.69) is 5.32 Å². The van der Waals surface area contributed by atoms with Gasteiger partial charge in [-0.15, -0.1) is 0 Å². The predicted octanol–water partition coefficient (Wildman–Crippen LogP) is 4.50. The van der Waals surface area contributed by atoms with E-state index in [1.54, 1.807) is 12.1 Å². The van der Waals surface area contributed by atoms with Gasteiger partial charge in [0.25, 0.3) is 0 Å². The molecule has 2 aromatic rings. The fourth-order valence-electron chi connectivity index (χ4n) is 3.88. The first-order valence-corrected chi connectivity index (χ1v) is 14.3. The predicted molar refractivity (Wildman–Crippen MR) is 133 cm³/mol. The average molecular weight is 513 g/mol. The third-order valence-electron chi connectivity index (χ3n) is 5.71. The van der Waals surface area contributed by atoms with Crippen LogP contribution < -0.4 is 5.32 Å². The summed E-state index contributed by atoms with van der Waals surface area (Å²) in [6.45, 7) is 1.14. The van der Waals surface area contributed by atoms with E-state index in [1.165, 1.54) is 22.1 Å². The summed E-state index contributed by atoms with van der Waals surface area (Å²) < 4.78 is 40.8. The number of piperidine rings is 1. The second-order valence-corrected chi connectivity index (χ2v) is 11.7. The van der Waals surface area contributed by atoms with Gasteiger partial charge in [-0.2, -0.15) is 11.8 Å². The largest absolute Gasteiger partial charge is 0.355 e. The van der Waals surface area contributed by atoms with Gasteiger partial charge in [-0.05, 0) is 43.4 Å². The van der Waals surface area contributed by atoms with Crippen LogP contribution in [0.4, 0.5) is 4.39 Å². The lowest BCUT2D eigenvalue weighted by molar-refractivity contribution is -0.125. The number of thioether (sulfide) groups is 1. The molecule has 0 aromatic heterocycles. The molecule has 1 fully saturated rings. The number of carbonyl (C=O) groups is 1. The average Bonchev–Trinajstić information content (AvgIpc) is 2.81. The number of hydrogen-bond donors (Lipinski definition) is 1. The van der Waals surface area contributed by atoms with Crippen LogP contribution in [0.5, 0.6) is 0 Å². The van der Waals surface area contributed by atoms with Crippen molar-refractivity contribution in [3.8, 4) is 0 Å². The third kappa shape index (κ3) is 7.98. The van der Waals surface area contributed by atoms with Gasteiger partial charge in [-0.3, -0.25) is 4.79 Å². The number of rotatable bonds is 11. The van der Waals surface area contributed by atoms with Crippen molar-refractivity contribution in [1.29, 1.82) is 0 Å². The van der Waals surface area contributed by atoms with Gasteiger partial charge >= 0.3 is 0 Å². The van der Waals surface area contributed by atoms with Crippen molar-refractivity contribution in [3.63, 3.8) is 0 Å². The van der Waals surface area contributed by atoms with Crippen LogP contribution in [-0.4, -0.2) is 49.8 Å². The molecule has 9 heteroatoms. The van der Waals surface area contributed by atoms with Crippen LogP contribution in [0.2, 0.25) is 5.02 Å². The summed E-state index contributed by atoms with van der Waals surface area (Å²) in [6, 6.07) is 14.4. The van der Waals surface area contributed by atoms with Gasteiger partial charge in [0.1, 0.15) is 5.82 Å². The van der Waals surface area contributed by atoms with Crippen LogP contribution in [-0.2, 0) is 27.0 Å². The molecule has 3 rings (SSSR count). The Labute approximate surface area is 205 Å². The Hall–Kier alpha value is -1.61. The molecule has 0 radical (unpaired) electrons. The third-order valence-corrected chi connectivity index (χ3v) is 8.98. The Bertz CT molecular complexity index is 1000. The van der Waals surface area contributed by atoms with Crippen molar-refractivity contribution < 1.29 is 17.6 Å². The number of benzene rings is 2. The minimum absolute atomic E-state index is 0.0888. The van der Waals surface area contributed by atoms with Crippen LogP contribution in [0.3, 0.4) is 0 Å². The molecule has 1 aliphatic rings. The number of halogens is 2. The summed E-state index contributed by atoms with van der Waals surface area (Å²) in [5.41, 5.74) is 1.59. The van der Waals surface area contributed by atoms with Gasteiger partial charge in [-0.1, -0.05) is 48.0 Å². The SMILES string of the molecule is O=C(NCCSCc1c(F)cccc1Cl)[C@@H]1CCCN(S(=O)(=O)CCCc2ccccc2)C1. The summed E-state index contributed by atoms with van der Waals surface area (Å²) in [4.78, 5) is 12.6. The molecule has 33 heavy (non-hydrogen) atoms. The number of carbonyl (C=O) groups excluding carboxylic acids is 1. The zero-order chi connectivity index (χ0) is 23.7. The number of aryl methyl sites for hydroxylation is 1. The number of hydrogen-bond acceptors (Lipinski definition) is 4. The Morgan fingerprint density at radius 2 is 1.97 bits per heavy atom. The Kier molecular flexibility index (Phi) is 10.0. The maximum atomic E-state index is 13.8. The van der Waals surface area contributed by atoms with Crippen LogP contribution >= 0.6 is 23.4 Å². The van der Waals surface area contributed by atoms with E-state index in [0.717, 1.165) is 5.56 Å². The summed E-state index contributed by atoms with van der Waals surface area (Å²) in [5, 5.41) is 3.30. The van der Waals surface area contributed by atoms with Crippen molar-refractivity contribution >= 4 is 39.3 Å². The summed E-state index contributed by atoms with van der Waals surface area (Å²) in [7, 11) is -3.39. The first-order valence-electron chi connectivity index (χ1n) is 11.2. The van der Waals surface area contributed by atoms with Crippen LogP contribution in [0.15, 0.2) is 48.5 Å². The lowest BCUT2D eigenvalue weighted by atomic mass is 9.99. The van der Waals surface area contributed by atoms with Gasteiger partial charge in [0.15, 0.2) is 0 Å². The van der Waals surface area contributed by atoms with E-state index < -0.39 is 10.0 Å². The molecule has 0 aliphatic carbocycles. The first-order chi connectivity index (χ1) is 15.9. The molecule has 0 bridgehead atoms. The maximum absolute atomic E-state index is 13.8. The molecule has 0 saturated carbocycles. The van der Waals surface area contributed by atoms with Crippen LogP contribution in [0, 0.1) is 11.7 Å². The Morgan fingerprint density at radius 3 is 2.73 bits per heavy atom. The fourth-order valence-corrected chi connectivity index (χ4v) is 6.66. The van der Waals surface area contributed by atoms with Gasteiger partial charge in [0.2, 0.25) is 15.9 Å². The van der Waals surface area contributed by atoms with E-state index in [0.29, 0.717) is 60.9 Å². The number of amides is 1. The standard InChI is InChI=1S/C24H30ClFN2O3S2/c25-22-11-4-12-23(26)21(22)18-32-15-13-27-24(29)20-10-5-14-28(17-20)33(30,31)16-6-9-19-7-2-1-3-8-19/h1-4,7-8,11-12,20H,5-6,9-10,13-18H2,(H,27,29)/t20-/m1/s1. The molecule has 0 spiro atoms. The zero-order valence-corrected chi connectivity index (χ0v) is 20.9. The van der Waals surface area contributed by atoms with Gasteiger partial charge in [-0.25, -0.2) is 17.1 Å². The monoisotopic (exact) mass is 512 g/mol. The zero-order valence-electron chi connectivity index (χ0n) is 18.5. The van der Waals surface area contributed by atoms with E-state index >= 15 is 0 Å². The quantitative estimate of drug-likeness (QED) is 0.450. The number of sulfonamides is 1. The highest BCUT2D eigenvalue weighted by Gasteiger charge is 2.31. The molecule has 1 heterocycles. The molecule has 2 aromatic carbocycles. The molecule has 1 saturated heterocycles. The van der Waals surface area contributed by atoms with Crippen LogP contribution in [0.25, 0.3) is 0 Å². The van der Waals surface area contributed by atoms with Crippen molar-refractivity contribution in [2.24, 2.45) is 5.92 Å². The highest BCUT2D eigenvalue weighted by atomic mass is 35.5. The summed E-state index contributed by atoms with van der Waals surface area (Å²) >= 11 is 7.52. The molecule has 1 N–H and O–H groups in total. The van der Waals surface area contributed by atoms with E-state index in [4.69, 9.17) is 11.6 Å².